The second kappa shape index (κ2) is 6.08. The first kappa shape index (κ1) is 16.5. The van der Waals surface area contributed by atoms with E-state index in [0.717, 1.165) is 0 Å². The van der Waals surface area contributed by atoms with Gasteiger partial charge in [0.2, 0.25) is 0 Å². The van der Waals surface area contributed by atoms with Gasteiger partial charge in [-0.05, 0) is 43.2 Å². The number of hydrogen-bond donors (Lipinski definition) is 0. The lowest BCUT2D eigenvalue weighted by Gasteiger charge is -2.17. The molecule has 0 amide bonds. The highest BCUT2D eigenvalue weighted by Gasteiger charge is 2.56. The number of allylic oxidation sites excluding steroid dienone is 2. The summed E-state index contributed by atoms with van der Waals surface area (Å²) in [7, 11) is 0. The van der Waals surface area contributed by atoms with Crippen LogP contribution in [-0.4, -0.2) is 11.4 Å². The molecule has 0 N–H and O–H groups in total. The van der Waals surface area contributed by atoms with E-state index >= 15 is 0 Å². The number of rotatable bonds is 5. The molecule has 0 saturated heterocycles. The second-order valence-electron chi connectivity index (χ2n) is 6.88. The second-order valence-corrected chi connectivity index (χ2v) is 6.88. The zero-order chi connectivity index (χ0) is 16.5. The average Bonchev–Trinajstić information content (AvgIpc) is 2.92. The van der Waals surface area contributed by atoms with E-state index in [1.165, 1.54) is 28.7 Å². The van der Waals surface area contributed by atoms with Gasteiger partial charge in [-0.25, -0.2) is 8.78 Å². The predicted molar refractivity (Wildman–Crippen MR) is 82.6 cm³/mol. The molecule has 4 heteroatoms. The Bertz CT molecular complexity index is 604. The van der Waals surface area contributed by atoms with Crippen molar-refractivity contribution >= 4 is 0 Å². The van der Waals surface area contributed by atoms with Gasteiger partial charge in [-0.1, -0.05) is 31.6 Å². The number of benzene rings is 1. The van der Waals surface area contributed by atoms with E-state index in [4.69, 9.17) is 0 Å². The first-order chi connectivity index (χ1) is 10.3. The van der Waals surface area contributed by atoms with Crippen molar-refractivity contribution in [1.29, 1.82) is 5.26 Å². The third kappa shape index (κ3) is 3.30. The van der Waals surface area contributed by atoms with E-state index in [9.17, 15) is 14.0 Å². The van der Waals surface area contributed by atoms with Gasteiger partial charge in [-0.2, -0.15) is 5.26 Å². The van der Waals surface area contributed by atoms with Gasteiger partial charge in [0.05, 0.1) is 6.54 Å². The topological polar surface area (TPSA) is 27.0 Å². The third-order valence-electron chi connectivity index (χ3n) is 4.62. The predicted octanol–water partition coefficient (Wildman–Crippen LogP) is 4.49. The zero-order valence-corrected chi connectivity index (χ0v) is 13.5. The summed E-state index contributed by atoms with van der Waals surface area (Å²) in [6.07, 6.45) is 4.29. The van der Waals surface area contributed by atoms with Gasteiger partial charge in [0.1, 0.15) is 11.6 Å². The van der Waals surface area contributed by atoms with Gasteiger partial charge < -0.3 is 4.90 Å². The van der Waals surface area contributed by atoms with E-state index in [1.807, 2.05) is 0 Å². The van der Waals surface area contributed by atoms with Gasteiger partial charge in [0, 0.05) is 12.1 Å². The smallest absolute Gasteiger partial charge is 0.179 e. The van der Waals surface area contributed by atoms with Crippen molar-refractivity contribution in [2.75, 3.05) is 6.54 Å². The number of nitrogens with zero attached hydrogens (tertiary/aromatic N) is 2. The lowest BCUT2D eigenvalue weighted by molar-refractivity contribution is 0.331. The first-order valence-corrected chi connectivity index (χ1v) is 7.50. The molecule has 1 aromatic carbocycles. The molecular formula is C18H22F2N2. The Morgan fingerprint density at radius 2 is 1.91 bits per heavy atom. The maximum Gasteiger partial charge on any atom is 0.179 e. The third-order valence-corrected chi connectivity index (χ3v) is 4.62. The largest absolute Gasteiger partial charge is 0.306 e. The van der Waals surface area contributed by atoms with Gasteiger partial charge in [0.15, 0.2) is 6.19 Å². The van der Waals surface area contributed by atoms with Crippen LogP contribution in [0.15, 0.2) is 29.8 Å². The molecular weight excluding hydrogens is 282 g/mol. The van der Waals surface area contributed by atoms with E-state index in [0.29, 0.717) is 18.4 Å². The standard InChI is InChI=1S/C18H22F2N2/c1-12(2)8-14-15(18(14,3)4)10-22(11-21)9-13-16(19)6-5-7-17(13)20/h5-8,14-15H,9-10H2,1-4H3/t14-,15+/m0/s1. The van der Waals surface area contributed by atoms with Crippen LogP contribution in [0.1, 0.15) is 33.3 Å². The molecule has 1 aliphatic carbocycles. The van der Waals surface area contributed by atoms with Crippen LogP contribution in [0.4, 0.5) is 8.78 Å². The molecule has 1 aliphatic rings. The zero-order valence-electron chi connectivity index (χ0n) is 13.5. The van der Waals surface area contributed by atoms with Crippen LogP contribution in [0.5, 0.6) is 0 Å². The molecule has 2 rings (SSSR count). The molecule has 22 heavy (non-hydrogen) atoms. The monoisotopic (exact) mass is 304 g/mol. The molecule has 0 unspecified atom stereocenters. The van der Waals surface area contributed by atoms with Crippen molar-refractivity contribution in [3.05, 3.63) is 47.0 Å². The van der Waals surface area contributed by atoms with E-state index in [-0.39, 0.29) is 17.5 Å². The summed E-state index contributed by atoms with van der Waals surface area (Å²) in [5.41, 5.74) is 1.34. The Balaban J connectivity index is 2.09. The highest BCUT2D eigenvalue weighted by molar-refractivity contribution is 5.21. The molecule has 1 saturated carbocycles. The lowest BCUT2D eigenvalue weighted by atomic mass is 10.1. The minimum Gasteiger partial charge on any atom is -0.306 e. The SMILES string of the molecule is CC(C)=C[C@H]1[C@@H](CN(C#N)Cc2c(F)cccc2F)C1(C)C. The molecule has 2 nitrogen and oxygen atoms in total. The van der Waals surface area contributed by atoms with Gasteiger partial charge >= 0.3 is 0 Å². The van der Waals surface area contributed by atoms with Crippen molar-refractivity contribution in [1.82, 2.24) is 4.90 Å². The van der Waals surface area contributed by atoms with Crippen LogP contribution in [-0.2, 0) is 6.54 Å². The summed E-state index contributed by atoms with van der Waals surface area (Å²) in [4.78, 5) is 1.45. The average molecular weight is 304 g/mol. The molecule has 2 atom stereocenters. The molecule has 0 radical (unpaired) electrons. The number of hydrogen-bond acceptors (Lipinski definition) is 2. The van der Waals surface area contributed by atoms with E-state index < -0.39 is 11.6 Å². The van der Waals surface area contributed by atoms with Crippen LogP contribution < -0.4 is 0 Å². The van der Waals surface area contributed by atoms with Crippen molar-refractivity contribution in [3.8, 4) is 6.19 Å². The Morgan fingerprint density at radius 3 is 2.41 bits per heavy atom. The van der Waals surface area contributed by atoms with Crippen LogP contribution in [0.3, 0.4) is 0 Å². The summed E-state index contributed by atoms with van der Waals surface area (Å²) in [6, 6.07) is 3.78. The minimum absolute atomic E-state index is 0.0247. The Hall–Kier alpha value is -1.89. The van der Waals surface area contributed by atoms with Crippen LogP contribution in [0.25, 0.3) is 0 Å². The Labute approximate surface area is 131 Å². The van der Waals surface area contributed by atoms with E-state index in [1.54, 1.807) is 0 Å². The van der Waals surface area contributed by atoms with E-state index in [2.05, 4.69) is 40.0 Å². The molecule has 118 valence electrons. The van der Waals surface area contributed by atoms with Gasteiger partial charge in [-0.3, -0.25) is 0 Å². The summed E-state index contributed by atoms with van der Waals surface area (Å²) >= 11 is 0. The summed E-state index contributed by atoms with van der Waals surface area (Å²) in [6.45, 7) is 8.95. The molecule has 0 spiro atoms. The maximum atomic E-state index is 13.7. The quantitative estimate of drug-likeness (QED) is 0.455. The van der Waals surface area contributed by atoms with Crippen molar-refractivity contribution in [3.63, 3.8) is 0 Å². The van der Waals surface area contributed by atoms with Crippen molar-refractivity contribution in [2.45, 2.75) is 34.2 Å². The summed E-state index contributed by atoms with van der Waals surface area (Å²) < 4.78 is 27.4. The highest BCUT2D eigenvalue weighted by atomic mass is 19.1. The summed E-state index contributed by atoms with van der Waals surface area (Å²) in [5, 5.41) is 9.30. The van der Waals surface area contributed by atoms with Crippen molar-refractivity contribution in [2.24, 2.45) is 17.3 Å². The highest BCUT2D eigenvalue weighted by Crippen LogP contribution is 2.59. The summed E-state index contributed by atoms with van der Waals surface area (Å²) in [5.74, 6) is -0.456. The van der Waals surface area contributed by atoms with Crippen LogP contribution in [0.2, 0.25) is 0 Å². The van der Waals surface area contributed by atoms with Crippen LogP contribution >= 0.6 is 0 Å². The van der Waals surface area contributed by atoms with Crippen LogP contribution in [0, 0.1) is 40.3 Å². The molecule has 0 aliphatic heterocycles. The minimum atomic E-state index is -0.601. The lowest BCUT2D eigenvalue weighted by Crippen LogP contribution is -2.23. The molecule has 0 aromatic heterocycles. The molecule has 1 aromatic rings. The molecule has 0 bridgehead atoms. The Morgan fingerprint density at radius 1 is 1.32 bits per heavy atom. The fourth-order valence-corrected chi connectivity index (χ4v) is 3.08. The number of nitriles is 1. The fraction of sp³-hybridized carbons (Fsp3) is 0.500. The Kier molecular flexibility index (Phi) is 4.55. The van der Waals surface area contributed by atoms with Gasteiger partial charge in [-0.15, -0.1) is 0 Å². The fourth-order valence-electron chi connectivity index (χ4n) is 3.08. The first-order valence-electron chi connectivity index (χ1n) is 7.50. The molecule has 0 heterocycles. The number of halogens is 2. The normalized spacial score (nSPS) is 21.9. The van der Waals surface area contributed by atoms with Crippen molar-refractivity contribution < 1.29 is 8.78 Å². The maximum absolute atomic E-state index is 13.7. The molecule has 1 fully saturated rings. The van der Waals surface area contributed by atoms with Gasteiger partial charge in [0.25, 0.3) is 0 Å².